The molecule has 3 N–H and O–H groups in total. The summed E-state index contributed by atoms with van der Waals surface area (Å²) in [5.41, 5.74) is 6.71. The first kappa shape index (κ1) is 16.4. The van der Waals surface area contributed by atoms with Gasteiger partial charge in [0.25, 0.3) is 0 Å². The van der Waals surface area contributed by atoms with Crippen molar-refractivity contribution in [1.82, 2.24) is 4.72 Å². The van der Waals surface area contributed by atoms with Gasteiger partial charge in [-0.15, -0.1) is 0 Å². The minimum atomic E-state index is -3.66. The minimum Gasteiger partial charge on any atom is -0.399 e. The van der Waals surface area contributed by atoms with Crippen molar-refractivity contribution in [2.75, 3.05) is 19.4 Å². The molecule has 0 aromatic heterocycles. The zero-order valence-electron chi connectivity index (χ0n) is 12.0. The van der Waals surface area contributed by atoms with Gasteiger partial charge in [-0.1, -0.05) is 12.1 Å². The van der Waals surface area contributed by atoms with E-state index in [0.717, 1.165) is 0 Å². The molecule has 0 spiro atoms. The Kier molecular flexibility index (Phi) is 5.12. The van der Waals surface area contributed by atoms with Gasteiger partial charge in [-0.3, -0.25) is 0 Å². The van der Waals surface area contributed by atoms with Crippen molar-refractivity contribution in [1.29, 1.82) is 0 Å². The second-order valence-electron chi connectivity index (χ2n) is 4.70. The summed E-state index contributed by atoms with van der Waals surface area (Å²) in [6.45, 7) is 0.0365. The third kappa shape index (κ3) is 4.03. The van der Waals surface area contributed by atoms with E-state index in [2.05, 4.69) is 4.72 Å². The molecule has 22 heavy (non-hydrogen) atoms. The lowest BCUT2D eigenvalue weighted by molar-refractivity contribution is 0.107. The van der Waals surface area contributed by atoms with Crippen molar-refractivity contribution in [3.63, 3.8) is 0 Å². The van der Waals surface area contributed by atoms with Gasteiger partial charge in [0.2, 0.25) is 10.0 Å². The van der Waals surface area contributed by atoms with Crippen LogP contribution in [0.25, 0.3) is 0 Å². The predicted molar refractivity (Wildman–Crippen MR) is 82.2 cm³/mol. The largest absolute Gasteiger partial charge is 0.399 e. The summed E-state index contributed by atoms with van der Waals surface area (Å²) in [6, 6.07) is 11.6. The van der Waals surface area contributed by atoms with Crippen LogP contribution in [0.1, 0.15) is 11.7 Å². The summed E-state index contributed by atoms with van der Waals surface area (Å²) in [4.78, 5) is 0.121. The summed E-state index contributed by atoms with van der Waals surface area (Å²) in [7, 11) is -2.19. The van der Waals surface area contributed by atoms with Crippen molar-refractivity contribution in [3.8, 4) is 0 Å². The highest BCUT2D eigenvalue weighted by Crippen LogP contribution is 2.18. The molecule has 2 rings (SSSR count). The van der Waals surface area contributed by atoms with Gasteiger partial charge in [-0.25, -0.2) is 17.5 Å². The van der Waals surface area contributed by atoms with Gasteiger partial charge < -0.3 is 10.5 Å². The van der Waals surface area contributed by atoms with Gasteiger partial charge >= 0.3 is 0 Å². The van der Waals surface area contributed by atoms with Crippen molar-refractivity contribution < 1.29 is 17.5 Å². The number of nitrogens with one attached hydrogen (secondary N) is 1. The van der Waals surface area contributed by atoms with E-state index in [1.165, 1.54) is 43.5 Å². The van der Waals surface area contributed by atoms with Crippen LogP contribution in [0.5, 0.6) is 0 Å². The Labute approximate surface area is 129 Å². The molecule has 0 saturated carbocycles. The molecule has 2 aromatic rings. The molecule has 5 nitrogen and oxygen atoms in total. The third-order valence-corrected chi connectivity index (χ3v) is 4.61. The number of nitrogen functional groups attached to an aromatic ring is 1. The Hall–Kier alpha value is -1.96. The van der Waals surface area contributed by atoms with E-state index in [4.69, 9.17) is 10.5 Å². The Morgan fingerprint density at radius 3 is 2.27 bits per heavy atom. The molecule has 0 aliphatic heterocycles. The molecule has 0 heterocycles. The first-order chi connectivity index (χ1) is 10.4. The van der Waals surface area contributed by atoms with E-state index in [-0.39, 0.29) is 17.3 Å². The van der Waals surface area contributed by atoms with Crippen molar-refractivity contribution in [3.05, 3.63) is 59.9 Å². The lowest BCUT2D eigenvalue weighted by Crippen LogP contribution is -2.29. The number of methoxy groups -OCH3 is 1. The number of halogens is 1. The summed E-state index contributed by atoms with van der Waals surface area (Å²) in [5, 5.41) is 0. The van der Waals surface area contributed by atoms with E-state index in [0.29, 0.717) is 11.3 Å². The van der Waals surface area contributed by atoms with Crippen LogP contribution in [0, 0.1) is 5.82 Å². The number of rotatable bonds is 6. The Morgan fingerprint density at radius 2 is 1.73 bits per heavy atom. The normalized spacial score (nSPS) is 13.0. The smallest absolute Gasteiger partial charge is 0.240 e. The third-order valence-electron chi connectivity index (χ3n) is 3.18. The maximum Gasteiger partial charge on any atom is 0.240 e. The number of benzene rings is 2. The summed E-state index contributed by atoms with van der Waals surface area (Å²) >= 11 is 0. The molecule has 0 fully saturated rings. The lowest BCUT2D eigenvalue weighted by atomic mass is 10.1. The zero-order valence-corrected chi connectivity index (χ0v) is 12.8. The fraction of sp³-hybridized carbons (Fsp3) is 0.200. The number of hydrogen-bond acceptors (Lipinski definition) is 4. The van der Waals surface area contributed by atoms with Crippen molar-refractivity contribution >= 4 is 15.7 Å². The SMILES string of the molecule is COC(CNS(=O)(=O)c1ccc(N)cc1)c1ccc(F)cc1. The fourth-order valence-corrected chi connectivity index (χ4v) is 2.96. The summed E-state index contributed by atoms with van der Waals surface area (Å²) in [5.74, 6) is -0.360. The summed E-state index contributed by atoms with van der Waals surface area (Å²) in [6.07, 6.45) is -0.510. The molecule has 0 radical (unpaired) electrons. The van der Waals surface area contributed by atoms with Crippen LogP contribution in [0.3, 0.4) is 0 Å². The topological polar surface area (TPSA) is 81.4 Å². The zero-order chi connectivity index (χ0) is 16.2. The van der Waals surface area contributed by atoms with Crippen LogP contribution >= 0.6 is 0 Å². The maximum atomic E-state index is 12.9. The molecule has 7 heteroatoms. The molecular formula is C15H17FN2O3S. The Balaban J connectivity index is 2.09. The molecule has 2 aromatic carbocycles. The van der Waals surface area contributed by atoms with Gasteiger partial charge in [0.05, 0.1) is 11.0 Å². The van der Waals surface area contributed by atoms with Crippen LogP contribution in [0.4, 0.5) is 10.1 Å². The number of ether oxygens (including phenoxy) is 1. The molecule has 118 valence electrons. The standard InChI is InChI=1S/C15H17FN2O3S/c1-21-15(11-2-4-12(16)5-3-11)10-18-22(19,20)14-8-6-13(17)7-9-14/h2-9,15,18H,10,17H2,1H3. The molecule has 0 aliphatic rings. The highest BCUT2D eigenvalue weighted by atomic mass is 32.2. The van der Waals surface area contributed by atoms with Crippen LogP contribution in [0.2, 0.25) is 0 Å². The van der Waals surface area contributed by atoms with Gasteiger partial charge in [0.15, 0.2) is 0 Å². The highest BCUT2D eigenvalue weighted by Gasteiger charge is 2.18. The van der Waals surface area contributed by atoms with Crippen LogP contribution < -0.4 is 10.5 Å². The summed E-state index contributed by atoms with van der Waals surface area (Å²) < 4.78 is 45.0. The average molecular weight is 324 g/mol. The van der Waals surface area contributed by atoms with Gasteiger partial charge in [0, 0.05) is 19.3 Å². The first-order valence-corrected chi connectivity index (χ1v) is 8.04. The quantitative estimate of drug-likeness (QED) is 0.797. The van der Waals surface area contributed by atoms with Crippen molar-refractivity contribution in [2.24, 2.45) is 0 Å². The van der Waals surface area contributed by atoms with Crippen LogP contribution in [-0.4, -0.2) is 22.1 Å². The predicted octanol–water partition coefficient (Wildman–Crippen LogP) is 2.07. The van der Waals surface area contributed by atoms with Crippen LogP contribution in [-0.2, 0) is 14.8 Å². The average Bonchev–Trinajstić information content (AvgIpc) is 2.50. The fourth-order valence-electron chi connectivity index (χ4n) is 1.93. The Bertz CT molecular complexity index is 715. The monoisotopic (exact) mass is 324 g/mol. The Morgan fingerprint density at radius 1 is 1.14 bits per heavy atom. The number of hydrogen-bond donors (Lipinski definition) is 2. The second kappa shape index (κ2) is 6.87. The van der Waals surface area contributed by atoms with E-state index >= 15 is 0 Å². The molecule has 0 bridgehead atoms. The molecule has 0 amide bonds. The molecule has 1 atom stereocenters. The maximum absolute atomic E-state index is 12.9. The first-order valence-electron chi connectivity index (χ1n) is 6.56. The van der Waals surface area contributed by atoms with Gasteiger partial charge in [-0.2, -0.15) is 0 Å². The minimum absolute atomic E-state index is 0.0365. The van der Waals surface area contributed by atoms with E-state index in [1.807, 2.05) is 0 Å². The van der Waals surface area contributed by atoms with E-state index in [9.17, 15) is 12.8 Å². The molecule has 0 aliphatic carbocycles. The number of sulfonamides is 1. The van der Waals surface area contributed by atoms with Gasteiger partial charge in [-0.05, 0) is 42.0 Å². The number of anilines is 1. The lowest BCUT2D eigenvalue weighted by Gasteiger charge is -2.16. The van der Waals surface area contributed by atoms with E-state index in [1.54, 1.807) is 12.1 Å². The van der Waals surface area contributed by atoms with Crippen LogP contribution in [0.15, 0.2) is 53.4 Å². The van der Waals surface area contributed by atoms with Crippen molar-refractivity contribution in [2.45, 2.75) is 11.0 Å². The molecule has 1 unspecified atom stereocenters. The van der Waals surface area contributed by atoms with Gasteiger partial charge in [0.1, 0.15) is 5.82 Å². The second-order valence-corrected chi connectivity index (χ2v) is 6.46. The molecular weight excluding hydrogens is 307 g/mol. The molecule has 0 saturated heterocycles. The highest BCUT2D eigenvalue weighted by molar-refractivity contribution is 7.89. The van der Waals surface area contributed by atoms with E-state index < -0.39 is 16.1 Å². The number of nitrogens with two attached hydrogens (primary N) is 1.